The van der Waals surface area contributed by atoms with Crippen molar-refractivity contribution in [2.45, 2.75) is 46.2 Å². The number of likely N-dealkylation sites (N-methyl/N-ethyl adjacent to an activating group) is 1. The van der Waals surface area contributed by atoms with E-state index in [2.05, 4.69) is 63.8 Å². The van der Waals surface area contributed by atoms with Gasteiger partial charge in [0, 0.05) is 10.9 Å². The molecule has 2 N–H and O–H groups in total. The van der Waals surface area contributed by atoms with Crippen molar-refractivity contribution in [3.8, 4) is 0 Å². The van der Waals surface area contributed by atoms with E-state index in [0.29, 0.717) is 0 Å². The molecule has 0 bridgehead atoms. The highest BCUT2D eigenvalue weighted by atomic mass is 16.3. The van der Waals surface area contributed by atoms with Crippen LogP contribution in [0.1, 0.15) is 45.1 Å². The molecule has 1 aromatic heterocycles. The van der Waals surface area contributed by atoms with Crippen molar-refractivity contribution in [3.05, 3.63) is 35.6 Å². The molecule has 1 atom stereocenters. The van der Waals surface area contributed by atoms with Gasteiger partial charge in [-0.3, -0.25) is 4.90 Å². The lowest BCUT2D eigenvalue weighted by Crippen LogP contribution is -2.51. The maximum Gasteiger partial charge on any atom is 0.137 e. The summed E-state index contributed by atoms with van der Waals surface area (Å²) >= 11 is 0. The van der Waals surface area contributed by atoms with Gasteiger partial charge in [-0.15, -0.1) is 0 Å². The number of para-hydroxylation sites is 1. The highest BCUT2D eigenvalue weighted by Crippen LogP contribution is 2.33. The van der Waals surface area contributed by atoms with Gasteiger partial charge in [0.2, 0.25) is 0 Å². The van der Waals surface area contributed by atoms with Gasteiger partial charge in [0.15, 0.2) is 0 Å². The Labute approximate surface area is 121 Å². The first-order valence-electron chi connectivity index (χ1n) is 7.41. The van der Waals surface area contributed by atoms with Crippen LogP contribution in [0, 0.1) is 6.92 Å². The van der Waals surface area contributed by atoms with Gasteiger partial charge in [-0.2, -0.15) is 0 Å². The topological polar surface area (TPSA) is 42.4 Å². The van der Waals surface area contributed by atoms with Gasteiger partial charge in [0.25, 0.3) is 0 Å². The lowest BCUT2D eigenvalue weighted by molar-refractivity contribution is 0.0989. The molecule has 1 heterocycles. The molecular formula is C17H26N2O. The molecule has 0 radical (unpaired) electrons. The molecular weight excluding hydrogens is 248 g/mol. The molecule has 20 heavy (non-hydrogen) atoms. The maximum atomic E-state index is 6.50. The number of aryl methyl sites for hydroxylation is 1. The van der Waals surface area contributed by atoms with E-state index >= 15 is 0 Å². The number of hydrogen-bond acceptors (Lipinski definition) is 3. The van der Waals surface area contributed by atoms with E-state index in [0.717, 1.165) is 35.4 Å². The normalized spacial score (nSPS) is 14.2. The molecule has 3 heteroatoms. The van der Waals surface area contributed by atoms with Crippen LogP contribution in [0.25, 0.3) is 11.0 Å². The highest BCUT2D eigenvalue weighted by Gasteiger charge is 2.34. The first-order valence-corrected chi connectivity index (χ1v) is 7.41. The first kappa shape index (κ1) is 15.1. The van der Waals surface area contributed by atoms with Crippen molar-refractivity contribution in [2.24, 2.45) is 5.73 Å². The quantitative estimate of drug-likeness (QED) is 0.900. The van der Waals surface area contributed by atoms with Gasteiger partial charge in [-0.05, 0) is 45.5 Å². The number of benzene rings is 1. The molecule has 0 saturated heterocycles. The number of nitrogens with two attached hydrogens (primary N) is 1. The second kappa shape index (κ2) is 5.58. The van der Waals surface area contributed by atoms with Gasteiger partial charge < -0.3 is 10.2 Å². The lowest BCUT2D eigenvalue weighted by atomic mass is 9.91. The van der Waals surface area contributed by atoms with Crippen LogP contribution in [0.3, 0.4) is 0 Å². The van der Waals surface area contributed by atoms with Crippen LogP contribution >= 0.6 is 0 Å². The Kier molecular flexibility index (Phi) is 4.21. The number of rotatable bonds is 5. The molecule has 0 saturated carbocycles. The van der Waals surface area contributed by atoms with E-state index in [-0.39, 0.29) is 11.6 Å². The van der Waals surface area contributed by atoms with Gasteiger partial charge in [0.1, 0.15) is 11.3 Å². The second-order valence-electron chi connectivity index (χ2n) is 5.95. The van der Waals surface area contributed by atoms with E-state index in [1.807, 2.05) is 0 Å². The smallest absolute Gasteiger partial charge is 0.137 e. The third kappa shape index (κ3) is 2.48. The zero-order valence-corrected chi connectivity index (χ0v) is 13.2. The zero-order valence-electron chi connectivity index (χ0n) is 13.2. The Hall–Kier alpha value is -1.32. The predicted octanol–water partition coefficient (Wildman–Crippen LogP) is 3.86. The van der Waals surface area contributed by atoms with E-state index in [4.69, 9.17) is 10.2 Å². The summed E-state index contributed by atoms with van der Waals surface area (Å²) < 4.78 is 6.03. The summed E-state index contributed by atoms with van der Waals surface area (Å²) in [4.78, 5) is 2.37. The molecule has 0 amide bonds. The third-order valence-electron chi connectivity index (χ3n) is 4.41. The Morgan fingerprint density at radius 2 is 1.90 bits per heavy atom. The summed E-state index contributed by atoms with van der Waals surface area (Å²) in [6.45, 7) is 12.7. The third-order valence-corrected chi connectivity index (χ3v) is 4.41. The minimum atomic E-state index is -0.144. The Bertz CT molecular complexity index is 582. The maximum absolute atomic E-state index is 6.50. The molecule has 0 aliphatic heterocycles. The molecule has 0 aliphatic carbocycles. The van der Waals surface area contributed by atoms with E-state index in [1.54, 1.807) is 0 Å². The van der Waals surface area contributed by atoms with Gasteiger partial charge >= 0.3 is 0 Å². The molecule has 110 valence electrons. The van der Waals surface area contributed by atoms with Crippen molar-refractivity contribution >= 4 is 11.0 Å². The number of nitrogens with zero attached hydrogens (tertiary/aromatic N) is 1. The van der Waals surface area contributed by atoms with Gasteiger partial charge in [-0.1, -0.05) is 32.0 Å². The Balaban J connectivity index is 2.40. The fourth-order valence-corrected chi connectivity index (χ4v) is 2.97. The van der Waals surface area contributed by atoms with Gasteiger partial charge in [0.05, 0.1) is 6.04 Å². The molecule has 1 unspecified atom stereocenters. The standard InChI is InChI=1S/C17H26N2O/c1-6-19(7-2)17(4,5)16(18)14-11-13-10-8-9-12(3)15(13)20-14/h8-11,16H,6-7,18H2,1-5H3. The van der Waals surface area contributed by atoms with Gasteiger partial charge in [-0.25, -0.2) is 0 Å². The van der Waals surface area contributed by atoms with Crippen LogP contribution in [-0.2, 0) is 0 Å². The fraction of sp³-hybridized carbons (Fsp3) is 0.529. The van der Waals surface area contributed by atoms with Crippen molar-refractivity contribution in [2.75, 3.05) is 13.1 Å². The number of furan rings is 1. The first-order chi connectivity index (χ1) is 9.41. The summed E-state index contributed by atoms with van der Waals surface area (Å²) in [5.41, 5.74) is 8.48. The Morgan fingerprint density at radius 3 is 2.45 bits per heavy atom. The van der Waals surface area contributed by atoms with Crippen LogP contribution in [0.5, 0.6) is 0 Å². The summed E-state index contributed by atoms with van der Waals surface area (Å²) in [5, 5.41) is 1.13. The van der Waals surface area contributed by atoms with E-state index < -0.39 is 0 Å². The Morgan fingerprint density at radius 1 is 1.25 bits per heavy atom. The second-order valence-corrected chi connectivity index (χ2v) is 5.95. The summed E-state index contributed by atoms with van der Waals surface area (Å²) in [5.74, 6) is 0.867. The molecule has 3 nitrogen and oxygen atoms in total. The molecule has 1 aromatic carbocycles. The summed E-state index contributed by atoms with van der Waals surface area (Å²) in [6.07, 6.45) is 0. The number of hydrogen-bond donors (Lipinski definition) is 1. The van der Waals surface area contributed by atoms with Crippen LogP contribution < -0.4 is 5.73 Å². The van der Waals surface area contributed by atoms with Crippen LogP contribution in [-0.4, -0.2) is 23.5 Å². The fourth-order valence-electron chi connectivity index (χ4n) is 2.97. The largest absolute Gasteiger partial charge is 0.459 e. The van der Waals surface area contributed by atoms with Crippen LogP contribution in [0.2, 0.25) is 0 Å². The molecule has 0 fully saturated rings. The average molecular weight is 274 g/mol. The van der Waals surface area contributed by atoms with Crippen molar-refractivity contribution < 1.29 is 4.42 Å². The van der Waals surface area contributed by atoms with Crippen molar-refractivity contribution in [3.63, 3.8) is 0 Å². The SMILES string of the molecule is CCN(CC)C(C)(C)C(N)c1cc2cccc(C)c2o1. The monoisotopic (exact) mass is 274 g/mol. The zero-order chi connectivity index (χ0) is 14.9. The highest BCUT2D eigenvalue weighted by molar-refractivity contribution is 5.81. The molecule has 2 rings (SSSR count). The molecule has 0 aliphatic rings. The van der Waals surface area contributed by atoms with Crippen LogP contribution in [0.4, 0.5) is 0 Å². The molecule has 0 spiro atoms. The summed E-state index contributed by atoms with van der Waals surface area (Å²) in [6, 6.07) is 8.13. The molecule has 2 aromatic rings. The minimum Gasteiger partial charge on any atom is -0.459 e. The van der Waals surface area contributed by atoms with Crippen molar-refractivity contribution in [1.82, 2.24) is 4.90 Å². The predicted molar refractivity (Wildman–Crippen MR) is 84.9 cm³/mol. The van der Waals surface area contributed by atoms with Crippen molar-refractivity contribution in [1.29, 1.82) is 0 Å². The minimum absolute atomic E-state index is 0.134. The number of fused-ring (bicyclic) bond motifs is 1. The lowest BCUT2D eigenvalue weighted by Gasteiger charge is -2.40. The van der Waals surface area contributed by atoms with E-state index in [1.165, 1.54) is 0 Å². The summed E-state index contributed by atoms with van der Waals surface area (Å²) in [7, 11) is 0. The van der Waals surface area contributed by atoms with E-state index in [9.17, 15) is 0 Å². The van der Waals surface area contributed by atoms with Crippen LogP contribution in [0.15, 0.2) is 28.7 Å². The average Bonchev–Trinajstić information content (AvgIpc) is 2.84.